The average molecular weight is 365 g/mol. The van der Waals surface area contributed by atoms with Crippen LogP contribution in [0.5, 0.6) is 0 Å². The molecule has 1 unspecified atom stereocenters. The first kappa shape index (κ1) is 14.5. The average Bonchev–Trinajstić information content (AvgIpc) is 2.38. The molecule has 0 radical (unpaired) electrons. The van der Waals surface area contributed by atoms with E-state index in [1.807, 2.05) is 0 Å². The Labute approximate surface area is 129 Å². The van der Waals surface area contributed by atoms with Crippen molar-refractivity contribution < 1.29 is 0 Å². The predicted octanol–water partition coefficient (Wildman–Crippen LogP) is 4.64. The minimum atomic E-state index is -0.0500. The van der Waals surface area contributed by atoms with Crippen molar-refractivity contribution in [3.8, 4) is 0 Å². The second kappa shape index (κ2) is 5.63. The lowest BCUT2D eigenvalue weighted by molar-refractivity contribution is 0.589. The molecule has 0 aromatic heterocycles. The molecule has 0 fully saturated rings. The highest BCUT2D eigenvalue weighted by molar-refractivity contribution is 14.1. The first-order valence-electron chi connectivity index (χ1n) is 6.49. The zero-order valence-corrected chi connectivity index (χ0v) is 13.8. The van der Waals surface area contributed by atoms with Gasteiger partial charge in [0.15, 0.2) is 0 Å². The van der Waals surface area contributed by atoms with Crippen LogP contribution in [0, 0.1) is 3.57 Å². The Morgan fingerprint density at radius 2 is 1.26 bits per heavy atom. The highest BCUT2D eigenvalue weighted by atomic mass is 127. The minimum absolute atomic E-state index is 0.0500. The molecule has 2 aromatic carbocycles. The van der Waals surface area contributed by atoms with Gasteiger partial charge in [-0.15, -0.1) is 0 Å². The van der Waals surface area contributed by atoms with Crippen molar-refractivity contribution in [2.45, 2.75) is 32.2 Å². The summed E-state index contributed by atoms with van der Waals surface area (Å²) >= 11 is 2.31. The topological polar surface area (TPSA) is 26.0 Å². The maximum Gasteiger partial charge on any atom is 0.0551 e. The number of benzene rings is 2. The van der Waals surface area contributed by atoms with Crippen molar-refractivity contribution in [2.24, 2.45) is 5.73 Å². The molecule has 2 heteroatoms. The summed E-state index contributed by atoms with van der Waals surface area (Å²) in [5.41, 5.74) is 10.2. The van der Waals surface area contributed by atoms with Crippen LogP contribution in [0.1, 0.15) is 43.5 Å². The van der Waals surface area contributed by atoms with Gasteiger partial charge in [-0.2, -0.15) is 0 Å². The number of hydrogen-bond donors (Lipinski definition) is 1. The largest absolute Gasteiger partial charge is 0.320 e. The molecule has 1 atom stereocenters. The molecule has 0 saturated carbocycles. The van der Waals surface area contributed by atoms with E-state index in [2.05, 4.69) is 91.9 Å². The Morgan fingerprint density at radius 1 is 0.842 bits per heavy atom. The smallest absolute Gasteiger partial charge is 0.0551 e. The van der Waals surface area contributed by atoms with Crippen molar-refractivity contribution in [1.29, 1.82) is 0 Å². The fourth-order valence-electron chi connectivity index (χ4n) is 2.05. The van der Waals surface area contributed by atoms with E-state index in [0.29, 0.717) is 0 Å². The molecule has 0 bridgehead atoms. The SMILES string of the molecule is CC(C)(C)c1ccc(C(N)c2ccc(I)cc2)cc1. The third-order valence-electron chi connectivity index (χ3n) is 3.36. The summed E-state index contributed by atoms with van der Waals surface area (Å²) < 4.78 is 1.23. The molecule has 0 aliphatic carbocycles. The quantitative estimate of drug-likeness (QED) is 0.772. The number of nitrogens with two attached hydrogens (primary N) is 1. The zero-order chi connectivity index (χ0) is 14.0. The summed E-state index contributed by atoms with van der Waals surface area (Å²) in [6.45, 7) is 6.67. The first-order valence-corrected chi connectivity index (χ1v) is 7.57. The van der Waals surface area contributed by atoms with Gasteiger partial charge in [-0.1, -0.05) is 57.2 Å². The molecular formula is C17H20IN. The summed E-state index contributed by atoms with van der Waals surface area (Å²) in [5, 5.41) is 0. The summed E-state index contributed by atoms with van der Waals surface area (Å²) in [6, 6.07) is 17.0. The minimum Gasteiger partial charge on any atom is -0.320 e. The van der Waals surface area contributed by atoms with Gasteiger partial charge >= 0.3 is 0 Å². The molecule has 0 amide bonds. The Kier molecular flexibility index (Phi) is 4.31. The molecule has 0 spiro atoms. The van der Waals surface area contributed by atoms with E-state index in [1.165, 1.54) is 9.13 Å². The molecule has 0 saturated heterocycles. The van der Waals surface area contributed by atoms with E-state index in [-0.39, 0.29) is 11.5 Å². The highest BCUT2D eigenvalue weighted by Gasteiger charge is 2.14. The molecule has 2 aromatic rings. The monoisotopic (exact) mass is 365 g/mol. The maximum absolute atomic E-state index is 6.32. The summed E-state index contributed by atoms with van der Waals surface area (Å²) in [7, 11) is 0. The molecule has 100 valence electrons. The molecule has 0 aliphatic heterocycles. The van der Waals surface area contributed by atoms with Crippen LogP contribution < -0.4 is 5.73 Å². The summed E-state index contributed by atoms with van der Waals surface area (Å²) in [5.74, 6) is 0. The maximum atomic E-state index is 6.32. The second-order valence-electron chi connectivity index (χ2n) is 5.90. The van der Waals surface area contributed by atoms with Gasteiger partial charge in [0.25, 0.3) is 0 Å². The van der Waals surface area contributed by atoms with E-state index >= 15 is 0 Å². The van der Waals surface area contributed by atoms with Crippen LogP contribution in [0.15, 0.2) is 48.5 Å². The van der Waals surface area contributed by atoms with E-state index in [9.17, 15) is 0 Å². The Bertz CT molecular complexity index is 535. The van der Waals surface area contributed by atoms with Gasteiger partial charge in [-0.05, 0) is 56.8 Å². The first-order chi connectivity index (χ1) is 8.88. The van der Waals surface area contributed by atoms with Crippen LogP contribution in [-0.2, 0) is 5.41 Å². The van der Waals surface area contributed by atoms with Crippen LogP contribution in [0.25, 0.3) is 0 Å². The predicted molar refractivity (Wildman–Crippen MR) is 90.3 cm³/mol. The fourth-order valence-corrected chi connectivity index (χ4v) is 2.41. The van der Waals surface area contributed by atoms with E-state index in [1.54, 1.807) is 0 Å². The van der Waals surface area contributed by atoms with Crippen LogP contribution in [0.2, 0.25) is 0 Å². The van der Waals surface area contributed by atoms with E-state index < -0.39 is 0 Å². The normalized spacial score (nSPS) is 13.3. The number of rotatable bonds is 2. The van der Waals surface area contributed by atoms with Crippen molar-refractivity contribution in [3.63, 3.8) is 0 Å². The van der Waals surface area contributed by atoms with Crippen LogP contribution >= 0.6 is 22.6 Å². The third kappa shape index (κ3) is 3.57. The lowest BCUT2D eigenvalue weighted by Gasteiger charge is -2.20. The van der Waals surface area contributed by atoms with Crippen molar-refractivity contribution in [1.82, 2.24) is 0 Å². The van der Waals surface area contributed by atoms with Gasteiger partial charge in [0.2, 0.25) is 0 Å². The number of halogens is 1. The molecule has 1 nitrogen and oxygen atoms in total. The number of hydrogen-bond acceptors (Lipinski definition) is 1. The van der Waals surface area contributed by atoms with Crippen molar-refractivity contribution in [3.05, 3.63) is 68.8 Å². The Hall–Kier alpha value is -0.870. The lowest BCUT2D eigenvalue weighted by atomic mass is 9.86. The third-order valence-corrected chi connectivity index (χ3v) is 4.08. The zero-order valence-electron chi connectivity index (χ0n) is 11.7. The van der Waals surface area contributed by atoms with Gasteiger partial charge in [-0.25, -0.2) is 0 Å². The summed E-state index contributed by atoms with van der Waals surface area (Å²) in [4.78, 5) is 0. The van der Waals surface area contributed by atoms with Gasteiger partial charge in [-0.3, -0.25) is 0 Å². The standard InChI is InChI=1S/C17H20IN/c1-17(2,3)14-8-4-12(5-9-14)16(19)13-6-10-15(18)11-7-13/h4-11,16H,19H2,1-3H3. The van der Waals surface area contributed by atoms with Gasteiger partial charge in [0, 0.05) is 3.57 Å². The molecular weight excluding hydrogens is 345 g/mol. The molecule has 2 rings (SSSR count). The highest BCUT2D eigenvalue weighted by Crippen LogP contribution is 2.25. The van der Waals surface area contributed by atoms with E-state index in [0.717, 1.165) is 11.1 Å². The second-order valence-corrected chi connectivity index (χ2v) is 7.15. The molecule has 2 N–H and O–H groups in total. The van der Waals surface area contributed by atoms with Crippen LogP contribution in [0.4, 0.5) is 0 Å². The van der Waals surface area contributed by atoms with Gasteiger partial charge < -0.3 is 5.73 Å². The Balaban J connectivity index is 2.25. The molecule has 0 aliphatic rings. The molecule has 0 heterocycles. The van der Waals surface area contributed by atoms with Crippen LogP contribution in [0.3, 0.4) is 0 Å². The van der Waals surface area contributed by atoms with Crippen molar-refractivity contribution in [2.75, 3.05) is 0 Å². The molecule has 19 heavy (non-hydrogen) atoms. The van der Waals surface area contributed by atoms with Crippen LogP contribution in [-0.4, -0.2) is 0 Å². The van der Waals surface area contributed by atoms with Gasteiger partial charge in [0.1, 0.15) is 0 Å². The summed E-state index contributed by atoms with van der Waals surface area (Å²) in [6.07, 6.45) is 0. The van der Waals surface area contributed by atoms with Crippen molar-refractivity contribution >= 4 is 22.6 Å². The van der Waals surface area contributed by atoms with E-state index in [4.69, 9.17) is 5.73 Å². The lowest BCUT2D eigenvalue weighted by Crippen LogP contribution is -2.14. The van der Waals surface area contributed by atoms with Gasteiger partial charge in [0.05, 0.1) is 6.04 Å². The Morgan fingerprint density at radius 3 is 1.68 bits per heavy atom. The fraction of sp³-hybridized carbons (Fsp3) is 0.294.